The molecule has 0 aliphatic rings. The maximum absolute atomic E-state index is 10.2. The average molecular weight is 456 g/mol. The number of anilines is 3. The second kappa shape index (κ2) is 9.02. The predicted octanol–water partition coefficient (Wildman–Crippen LogP) is 7.61. The SMILES string of the molecule is Cc1ccc(Oc2ccccc2N(c2c(C)cc(O)cc2C)c2c(C)cc(O)cc2C)cc1O. The lowest BCUT2D eigenvalue weighted by atomic mass is 10.0. The monoisotopic (exact) mass is 455 g/mol. The summed E-state index contributed by atoms with van der Waals surface area (Å²) in [7, 11) is 0. The molecule has 0 amide bonds. The van der Waals surface area contributed by atoms with Crippen LogP contribution in [0.3, 0.4) is 0 Å². The zero-order chi connectivity index (χ0) is 24.6. The summed E-state index contributed by atoms with van der Waals surface area (Å²) >= 11 is 0. The first kappa shape index (κ1) is 23.1. The van der Waals surface area contributed by atoms with E-state index in [9.17, 15) is 15.3 Å². The first-order valence-corrected chi connectivity index (χ1v) is 11.1. The molecule has 0 spiro atoms. The van der Waals surface area contributed by atoms with Gasteiger partial charge in [-0.3, -0.25) is 0 Å². The second-order valence-electron chi connectivity index (χ2n) is 8.71. The van der Waals surface area contributed by atoms with Crippen molar-refractivity contribution in [2.75, 3.05) is 4.90 Å². The van der Waals surface area contributed by atoms with Crippen LogP contribution in [0.5, 0.6) is 28.7 Å². The number of rotatable bonds is 5. The summed E-state index contributed by atoms with van der Waals surface area (Å²) in [5.74, 6) is 1.70. The van der Waals surface area contributed by atoms with Crippen LogP contribution >= 0.6 is 0 Å². The summed E-state index contributed by atoms with van der Waals surface area (Å²) in [6.07, 6.45) is 0. The summed E-state index contributed by atoms with van der Waals surface area (Å²) in [4.78, 5) is 2.11. The lowest BCUT2D eigenvalue weighted by molar-refractivity contribution is 0.452. The molecule has 34 heavy (non-hydrogen) atoms. The Kier molecular flexibility index (Phi) is 6.12. The first-order chi connectivity index (χ1) is 16.2. The van der Waals surface area contributed by atoms with Gasteiger partial charge < -0.3 is 25.0 Å². The largest absolute Gasteiger partial charge is 0.508 e. The van der Waals surface area contributed by atoms with E-state index in [-0.39, 0.29) is 17.2 Å². The molecule has 3 N–H and O–H groups in total. The van der Waals surface area contributed by atoms with Crippen LogP contribution < -0.4 is 9.64 Å². The van der Waals surface area contributed by atoms with Gasteiger partial charge in [0.05, 0.1) is 17.1 Å². The van der Waals surface area contributed by atoms with Crippen LogP contribution in [0.25, 0.3) is 0 Å². The number of hydrogen-bond acceptors (Lipinski definition) is 5. The van der Waals surface area contributed by atoms with E-state index < -0.39 is 0 Å². The summed E-state index contributed by atoms with van der Waals surface area (Å²) in [5.41, 5.74) is 6.97. The number of aromatic hydroxyl groups is 3. The molecule has 0 aliphatic heterocycles. The van der Waals surface area contributed by atoms with Gasteiger partial charge in [0.15, 0.2) is 5.75 Å². The Bertz CT molecular complexity index is 1270. The smallest absolute Gasteiger partial charge is 0.151 e. The average Bonchev–Trinajstić information content (AvgIpc) is 2.74. The molecule has 4 aromatic rings. The van der Waals surface area contributed by atoms with Crippen molar-refractivity contribution in [2.45, 2.75) is 34.6 Å². The molecule has 0 atom stereocenters. The van der Waals surface area contributed by atoms with Crippen LogP contribution in [0.4, 0.5) is 17.1 Å². The number of hydrogen-bond donors (Lipinski definition) is 3. The van der Waals surface area contributed by atoms with E-state index in [4.69, 9.17) is 4.74 Å². The second-order valence-corrected chi connectivity index (χ2v) is 8.71. The summed E-state index contributed by atoms with van der Waals surface area (Å²) in [5, 5.41) is 30.5. The summed E-state index contributed by atoms with van der Waals surface area (Å²) in [6, 6.07) is 19.9. The minimum Gasteiger partial charge on any atom is -0.508 e. The number of phenols is 3. The van der Waals surface area contributed by atoms with E-state index in [2.05, 4.69) is 4.90 Å². The van der Waals surface area contributed by atoms with Crippen molar-refractivity contribution in [1.29, 1.82) is 0 Å². The van der Waals surface area contributed by atoms with Crippen molar-refractivity contribution in [3.05, 3.63) is 94.5 Å². The Morgan fingerprint density at radius 2 is 1.09 bits per heavy atom. The standard InChI is InChI=1S/C29H29NO4/c1-17-10-11-24(16-26(17)33)34-27-9-7-6-8-25(27)30(28-18(2)12-22(31)13-19(28)3)29-20(4)14-23(32)15-21(29)5/h6-16,31-33H,1-5H3. The van der Waals surface area contributed by atoms with Gasteiger partial charge in [-0.1, -0.05) is 18.2 Å². The number of benzene rings is 4. The van der Waals surface area contributed by atoms with E-state index in [0.29, 0.717) is 11.5 Å². The van der Waals surface area contributed by atoms with E-state index in [1.54, 1.807) is 30.3 Å². The molecule has 0 heterocycles. The quantitative estimate of drug-likeness (QED) is 0.289. The van der Waals surface area contributed by atoms with Gasteiger partial charge in [-0.05, 0) is 105 Å². The van der Waals surface area contributed by atoms with Gasteiger partial charge in [0.1, 0.15) is 23.0 Å². The van der Waals surface area contributed by atoms with Crippen molar-refractivity contribution in [2.24, 2.45) is 0 Å². The van der Waals surface area contributed by atoms with Gasteiger partial charge in [-0.2, -0.15) is 0 Å². The van der Waals surface area contributed by atoms with Crippen molar-refractivity contribution in [3.8, 4) is 28.7 Å². The highest BCUT2D eigenvalue weighted by Crippen LogP contribution is 2.47. The molecule has 0 radical (unpaired) electrons. The fourth-order valence-corrected chi connectivity index (χ4v) is 4.43. The van der Waals surface area contributed by atoms with E-state index in [0.717, 1.165) is 44.9 Å². The number of para-hydroxylation sites is 2. The molecular formula is C29H29NO4. The first-order valence-electron chi connectivity index (χ1n) is 11.1. The molecule has 4 aromatic carbocycles. The normalized spacial score (nSPS) is 10.9. The Balaban J connectivity index is 1.97. The highest BCUT2D eigenvalue weighted by molar-refractivity contribution is 5.86. The number of phenolic OH excluding ortho intramolecular Hbond substituents is 3. The molecule has 5 nitrogen and oxygen atoms in total. The van der Waals surface area contributed by atoms with Crippen LogP contribution in [0.15, 0.2) is 66.7 Å². The molecule has 0 bridgehead atoms. The third-order valence-corrected chi connectivity index (χ3v) is 5.91. The summed E-state index contributed by atoms with van der Waals surface area (Å²) in [6.45, 7) is 9.67. The zero-order valence-electron chi connectivity index (χ0n) is 20.0. The maximum atomic E-state index is 10.2. The van der Waals surface area contributed by atoms with Crippen LogP contribution in [0.2, 0.25) is 0 Å². The Morgan fingerprint density at radius 3 is 1.59 bits per heavy atom. The van der Waals surface area contributed by atoms with E-state index in [1.165, 1.54) is 0 Å². The number of aryl methyl sites for hydroxylation is 5. The van der Waals surface area contributed by atoms with Crippen LogP contribution in [-0.4, -0.2) is 15.3 Å². The third-order valence-electron chi connectivity index (χ3n) is 5.91. The fraction of sp³-hybridized carbons (Fsp3) is 0.172. The fourth-order valence-electron chi connectivity index (χ4n) is 4.43. The predicted molar refractivity (Wildman–Crippen MR) is 136 cm³/mol. The molecule has 5 heteroatoms. The minimum absolute atomic E-state index is 0.169. The van der Waals surface area contributed by atoms with Crippen molar-refractivity contribution >= 4 is 17.1 Å². The zero-order valence-corrected chi connectivity index (χ0v) is 20.0. The number of nitrogens with zero attached hydrogens (tertiary/aromatic N) is 1. The van der Waals surface area contributed by atoms with E-state index in [1.807, 2.05) is 71.0 Å². The third kappa shape index (κ3) is 4.37. The molecule has 4 rings (SSSR count). The van der Waals surface area contributed by atoms with Gasteiger partial charge in [-0.25, -0.2) is 0 Å². The van der Waals surface area contributed by atoms with Crippen LogP contribution in [0.1, 0.15) is 27.8 Å². The van der Waals surface area contributed by atoms with Crippen LogP contribution in [0, 0.1) is 34.6 Å². The number of ether oxygens (including phenoxy) is 1. The van der Waals surface area contributed by atoms with Crippen molar-refractivity contribution < 1.29 is 20.1 Å². The van der Waals surface area contributed by atoms with Gasteiger partial charge in [-0.15, -0.1) is 0 Å². The van der Waals surface area contributed by atoms with Crippen molar-refractivity contribution in [1.82, 2.24) is 0 Å². The van der Waals surface area contributed by atoms with Crippen LogP contribution in [-0.2, 0) is 0 Å². The molecule has 0 aromatic heterocycles. The van der Waals surface area contributed by atoms with Crippen molar-refractivity contribution in [3.63, 3.8) is 0 Å². The molecular weight excluding hydrogens is 426 g/mol. The Hall–Kier alpha value is -4.12. The topological polar surface area (TPSA) is 73.2 Å². The highest BCUT2D eigenvalue weighted by Gasteiger charge is 2.24. The molecule has 0 saturated carbocycles. The Labute approximate surface area is 200 Å². The molecule has 0 fully saturated rings. The van der Waals surface area contributed by atoms with Gasteiger partial charge in [0.25, 0.3) is 0 Å². The molecule has 0 saturated heterocycles. The Morgan fingerprint density at radius 1 is 0.588 bits per heavy atom. The van der Waals surface area contributed by atoms with Gasteiger partial charge in [0.2, 0.25) is 0 Å². The van der Waals surface area contributed by atoms with E-state index >= 15 is 0 Å². The summed E-state index contributed by atoms with van der Waals surface area (Å²) < 4.78 is 6.28. The highest BCUT2D eigenvalue weighted by atomic mass is 16.5. The molecule has 0 unspecified atom stereocenters. The lowest BCUT2D eigenvalue weighted by Crippen LogP contribution is -2.16. The van der Waals surface area contributed by atoms with Gasteiger partial charge >= 0.3 is 0 Å². The van der Waals surface area contributed by atoms with Gasteiger partial charge in [0, 0.05) is 6.07 Å². The molecule has 174 valence electrons. The molecule has 0 aliphatic carbocycles. The lowest BCUT2D eigenvalue weighted by Gasteiger charge is -2.32. The minimum atomic E-state index is 0.169. The maximum Gasteiger partial charge on any atom is 0.151 e.